The average molecular weight is 350 g/mol. The van der Waals surface area contributed by atoms with E-state index in [9.17, 15) is 9.90 Å². The van der Waals surface area contributed by atoms with Crippen molar-refractivity contribution in [2.24, 2.45) is 0 Å². The van der Waals surface area contributed by atoms with Crippen LogP contribution in [0.3, 0.4) is 0 Å². The third-order valence-electron chi connectivity index (χ3n) is 3.43. The molecule has 1 aliphatic heterocycles. The van der Waals surface area contributed by atoms with Gasteiger partial charge in [0.25, 0.3) is 5.91 Å². The first-order valence-corrected chi connectivity index (χ1v) is 7.73. The van der Waals surface area contributed by atoms with E-state index in [-0.39, 0.29) is 22.4 Å². The van der Waals surface area contributed by atoms with E-state index in [4.69, 9.17) is 27.9 Å². The van der Waals surface area contributed by atoms with Crippen molar-refractivity contribution < 1.29 is 14.6 Å². The highest BCUT2D eigenvalue weighted by molar-refractivity contribution is 6.37. The summed E-state index contributed by atoms with van der Waals surface area (Å²) in [6, 6.07) is 8.42. The molecule has 0 aromatic heterocycles. The summed E-state index contributed by atoms with van der Waals surface area (Å²) >= 11 is 12.0. The molecule has 3 rings (SSSR count). The van der Waals surface area contributed by atoms with Crippen LogP contribution in [-0.4, -0.2) is 17.6 Å². The lowest BCUT2D eigenvalue weighted by atomic mass is 10.0. The van der Waals surface area contributed by atoms with Gasteiger partial charge in [0.2, 0.25) is 0 Å². The summed E-state index contributed by atoms with van der Waals surface area (Å²) in [5, 5.41) is 13.4. The molecule has 1 amide bonds. The molecule has 0 radical (unpaired) electrons. The molecule has 0 fully saturated rings. The topological polar surface area (TPSA) is 58.6 Å². The summed E-state index contributed by atoms with van der Waals surface area (Å²) in [6.45, 7) is 2.20. The number of hydrogen-bond donors (Lipinski definition) is 2. The Kier molecular flexibility index (Phi) is 4.20. The van der Waals surface area contributed by atoms with Crippen LogP contribution in [0.4, 0.5) is 5.69 Å². The second kappa shape index (κ2) is 6.14. The molecule has 1 heterocycles. The molecular weight excluding hydrogens is 337 g/mol. The Balaban J connectivity index is 2.07. The van der Waals surface area contributed by atoms with Crippen molar-refractivity contribution in [3.8, 4) is 11.5 Å². The lowest BCUT2D eigenvalue weighted by Crippen LogP contribution is -2.03. The van der Waals surface area contributed by atoms with Crippen LogP contribution < -0.4 is 10.1 Å². The number of nitrogens with one attached hydrogen (secondary N) is 1. The Morgan fingerprint density at radius 3 is 2.78 bits per heavy atom. The Bertz CT molecular complexity index is 831. The molecule has 23 heavy (non-hydrogen) atoms. The minimum absolute atomic E-state index is 0.112. The van der Waals surface area contributed by atoms with E-state index in [1.165, 1.54) is 0 Å². The summed E-state index contributed by atoms with van der Waals surface area (Å²) in [5.74, 6) is -0.0512. The van der Waals surface area contributed by atoms with E-state index in [1.54, 1.807) is 36.4 Å². The molecule has 0 aliphatic carbocycles. The molecular formula is C17H13Cl2NO3. The van der Waals surface area contributed by atoms with E-state index in [0.29, 0.717) is 28.5 Å². The number of aromatic hydroxyl groups is 1. The van der Waals surface area contributed by atoms with Crippen LogP contribution in [0, 0.1) is 0 Å². The molecule has 2 N–H and O–H groups in total. The van der Waals surface area contributed by atoms with Crippen LogP contribution in [-0.2, 0) is 4.79 Å². The molecule has 2 aromatic carbocycles. The van der Waals surface area contributed by atoms with Crippen LogP contribution in [0.5, 0.6) is 11.5 Å². The van der Waals surface area contributed by atoms with Crippen molar-refractivity contribution in [2.45, 2.75) is 6.92 Å². The highest BCUT2D eigenvalue weighted by atomic mass is 35.5. The summed E-state index contributed by atoms with van der Waals surface area (Å²) in [5.41, 5.74) is 2.59. The third kappa shape index (κ3) is 3.00. The van der Waals surface area contributed by atoms with Gasteiger partial charge in [0, 0.05) is 16.2 Å². The number of phenols is 1. The fraction of sp³-hybridized carbons (Fsp3) is 0.118. The highest BCUT2D eigenvalue weighted by Crippen LogP contribution is 2.38. The Morgan fingerprint density at radius 2 is 2.04 bits per heavy atom. The number of fused-ring (bicyclic) bond motifs is 1. The molecule has 0 saturated heterocycles. The van der Waals surface area contributed by atoms with E-state index >= 15 is 0 Å². The lowest BCUT2D eigenvalue weighted by Gasteiger charge is -2.09. The van der Waals surface area contributed by atoms with Crippen molar-refractivity contribution in [1.29, 1.82) is 0 Å². The van der Waals surface area contributed by atoms with Crippen LogP contribution in [0.15, 0.2) is 30.3 Å². The zero-order valence-corrected chi connectivity index (χ0v) is 13.7. The van der Waals surface area contributed by atoms with Gasteiger partial charge in [-0.05, 0) is 42.8 Å². The number of benzene rings is 2. The Hall–Kier alpha value is -2.17. The number of amides is 1. The molecule has 0 saturated carbocycles. The number of halogens is 2. The minimum atomic E-state index is -0.218. The van der Waals surface area contributed by atoms with Crippen LogP contribution in [0.2, 0.25) is 10.0 Å². The number of anilines is 1. The zero-order chi connectivity index (χ0) is 16.6. The first kappa shape index (κ1) is 15.7. The number of phenolic OH excluding ortho intramolecular Hbond substituents is 1. The summed E-state index contributed by atoms with van der Waals surface area (Å²) in [4.78, 5) is 12.2. The van der Waals surface area contributed by atoms with Gasteiger partial charge in [-0.3, -0.25) is 4.79 Å². The SMILES string of the molecule is CCOc1cc(C=C2C(=O)Nc3cc(Cl)ccc32)cc(Cl)c1O. The third-order valence-corrected chi connectivity index (χ3v) is 3.95. The lowest BCUT2D eigenvalue weighted by molar-refractivity contribution is -0.110. The Labute approximate surface area is 143 Å². The fourth-order valence-corrected chi connectivity index (χ4v) is 2.81. The van der Waals surface area contributed by atoms with Gasteiger partial charge in [-0.15, -0.1) is 0 Å². The highest BCUT2D eigenvalue weighted by Gasteiger charge is 2.24. The van der Waals surface area contributed by atoms with E-state index in [2.05, 4.69) is 5.32 Å². The van der Waals surface area contributed by atoms with Crippen LogP contribution in [0.1, 0.15) is 18.1 Å². The van der Waals surface area contributed by atoms with E-state index in [0.717, 1.165) is 5.56 Å². The number of carbonyl (C=O) groups excluding carboxylic acids is 1. The van der Waals surface area contributed by atoms with Gasteiger partial charge < -0.3 is 15.2 Å². The van der Waals surface area contributed by atoms with Gasteiger partial charge in [-0.2, -0.15) is 0 Å². The summed E-state index contributed by atoms with van der Waals surface area (Å²) in [7, 11) is 0. The largest absolute Gasteiger partial charge is 0.503 e. The van der Waals surface area contributed by atoms with E-state index < -0.39 is 0 Å². The molecule has 0 atom stereocenters. The second-order valence-electron chi connectivity index (χ2n) is 4.98. The van der Waals surface area contributed by atoms with Gasteiger partial charge in [0.05, 0.1) is 17.3 Å². The summed E-state index contributed by atoms with van der Waals surface area (Å²) < 4.78 is 5.35. The number of hydrogen-bond acceptors (Lipinski definition) is 3. The smallest absolute Gasteiger partial charge is 0.256 e. The maximum absolute atomic E-state index is 12.2. The van der Waals surface area contributed by atoms with Crippen molar-refractivity contribution in [3.05, 3.63) is 51.5 Å². The van der Waals surface area contributed by atoms with Gasteiger partial charge >= 0.3 is 0 Å². The molecule has 0 spiro atoms. The average Bonchev–Trinajstić information content (AvgIpc) is 2.79. The molecule has 118 valence electrons. The van der Waals surface area contributed by atoms with Crippen LogP contribution >= 0.6 is 23.2 Å². The van der Waals surface area contributed by atoms with Gasteiger partial charge in [0.15, 0.2) is 11.5 Å². The molecule has 2 aromatic rings. The second-order valence-corrected chi connectivity index (χ2v) is 5.83. The van der Waals surface area contributed by atoms with Crippen molar-refractivity contribution in [2.75, 3.05) is 11.9 Å². The fourth-order valence-electron chi connectivity index (χ4n) is 2.42. The molecule has 6 heteroatoms. The first-order valence-electron chi connectivity index (χ1n) is 6.98. The number of carbonyl (C=O) groups is 1. The maximum atomic E-state index is 12.2. The van der Waals surface area contributed by atoms with Gasteiger partial charge in [-0.1, -0.05) is 29.3 Å². The predicted molar refractivity (Wildman–Crippen MR) is 92.2 cm³/mol. The van der Waals surface area contributed by atoms with Crippen molar-refractivity contribution in [3.63, 3.8) is 0 Å². The normalized spacial score (nSPS) is 14.7. The van der Waals surface area contributed by atoms with Gasteiger partial charge in [0.1, 0.15) is 0 Å². The van der Waals surface area contributed by atoms with Crippen molar-refractivity contribution >= 4 is 46.4 Å². The zero-order valence-electron chi connectivity index (χ0n) is 12.2. The standard InChI is InChI=1S/C17H13Cl2NO3/c1-2-23-15-7-9(6-13(19)16(15)21)5-12-11-4-3-10(18)8-14(11)20-17(12)22/h3-8,21H,2H2,1H3,(H,20,22). The molecule has 0 bridgehead atoms. The number of rotatable bonds is 3. The molecule has 4 nitrogen and oxygen atoms in total. The monoisotopic (exact) mass is 349 g/mol. The van der Waals surface area contributed by atoms with Crippen LogP contribution in [0.25, 0.3) is 11.6 Å². The quantitative estimate of drug-likeness (QED) is 0.796. The molecule has 1 aliphatic rings. The van der Waals surface area contributed by atoms with Crippen molar-refractivity contribution in [1.82, 2.24) is 0 Å². The Morgan fingerprint density at radius 1 is 1.26 bits per heavy atom. The first-order chi connectivity index (χ1) is 11.0. The predicted octanol–water partition coefficient (Wildman–Crippen LogP) is 4.59. The molecule has 0 unspecified atom stereocenters. The number of ether oxygens (including phenoxy) is 1. The van der Waals surface area contributed by atoms with Gasteiger partial charge in [-0.25, -0.2) is 0 Å². The maximum Gasteiger partial charge on any atom is 0.256 e. The van der Waals surface area contributed by atoms with E-state index in [1.807, 2.05) is 6.92 Å². The minimum Gasteiger partial charge on any atom is -0.503 e. The summed E-state index contributed by atoms with van der Waals surface area (Å²) in [6.07, 6.45) is 1.70.